The Morgan fingerprint density at radius 3 is 2.43 bits per heavy atom. The molecule has 0 atom stereocenters. The van der Waals surface area contributed by atoms with Gasteiger partial charge in [0.15, 0.2) is 5.82 Å². The highest BCUT2D eigenvalue weighted by molar-refractivity contribution is 6.30. The molecular weight excluding hydrogens is 372 g/mol. The molecule has 1 aromatic heterocycles. The molecule has 2 aromatic carbocycles. The topological polar surface area (TPSA) is 66.0 Å². The molecule has 3 aromatic rings. The number of rotatable bonds is 7. The summed E-state index contributed by atoms with van der Waals surface area (Å²) in [4.78, 5) is 6.83. The van der Waals surface area contributed by atoms with Crippen LogP contribution in [0.4, 0.5) is 28.8 Å². The molecule has 2 N–H and O–H groups in total. The average Bonchev–Trinajstić information content (AvgIpc) is 2.68. The van der Waals surface area contributed by atoms with Crippen LogP contribution < -0.4 is 15.5 Å². The predicted octanol–water partition coefficient (Wildman–Crippen LogP) is 5.48. The van der Waals surface area contributed by atoms with Crippen molar-refractivity contribution in [2.75, 3.05) is 28.6 Å². The zero-order chi connectivity index (χ0) is 20.1. The van der Waals surface area contributed by atoms with Crippen LogP contribution in [0.5, 0.6) is 0 Å². The molecule has 0 bridgehead atoms. The lowest BCUT2D eigenvalue weighted by molar-refractivity contribution is 0.866. The van der Waals surface area contributed by atoms with E-state index in [4.69, 9.17) is 11.6 Å². The third-order valence-corrected chi connectivity index (χ3v) is 4.84. The molecule has 0 fully saturated rings. The number of hydrogen-bond acceptors (Lipinski definition) is 6. The molecule has 7 heteroatoms. The first-order valence-electron chi connectivity index (χ1n) is 9.35. The minimum absolute atomic E-state index is 0.410. The molecule has 6 nitrogen and oxygen atoms in total. The zero-order valence-electron chi connectivity index (χ0n) is 16.6. The molecule has 0 aliphatic rings. The Morgan fingerprint density at radius 2 is 1.71 bits per heavy atom. The van der Waals surface area contributed by atoms with Gasteiger partial charge in [0.1, 0.15) is 0 Å². The van der Waals surface area contributed by atoms with E-state index in [0.717, 1.165) is 35.6 Å². The number of aryl methyl sites for hydroxylation is 2. The molecule has 3 rings (SSSR count). The van der Waals surface area contributed by atoms with Crippen molar-refractivity contribution in [1.29, 1.82) is 0 Å². The highest BCUT2D eigenvalue weighted by Gasteiger charge is 2.08. The summed E-state index contributed by atoms with van der Waals surface area (Å²) in [5, 5.41) is 15.3. The highest BCUT2D eigenvalue weighted by Crippen LogP contribution is 2.26. The van der Waals surface area contributed by atoms with Crippen LogP contribution >= 0.6 is 11.6 Å². The van der Waals surface area contributed by atoms with Crippen LogP contribution in [0.1, 0.15) is 25.0 Å². The molecular formula is C21H25ClN6. The van der Waals surface area contributed by atoms with Crippen molar-refractivity contribution in [3.05, 3.63) is 58.7 Å². The van der Waals surface area contributed by atoms with Gasteiger partial charge in [-0.05, 0) is 69.2 Å². The van der Waals surface area contributed by atoms with Gasteiger partial charge < -0.3 is 15.5 Å². The fourth-order valence-electron chi connectivity index (χ4n) is 2.98. The zero-order valence-corrected chi connectivity index (χ0v) is 17.4. The van der Waals surface area contributed by atoms with Crippen LogP contribution in [-0.4, -0.2) is 28.3 Å². The number of benzene rings is 2. The molecule has 0 aliphatic heterocycles. The van der Waals surface area contributed by atoms with Gasteiger partial charge in [-0.2, -0.15) is 10.1 Å². The Morgan fingerprint density at radius 1 is 0.929 bits per heavy atom. The molecule has 28 heavy (non-hydrogen) atoms. The Balaban J connectivity index is 1.78. The lowest BCUT2D eigenvalue weighted by Gasteiger charge is -2.22. The van der Waals surface area contributed by atoms with Crippen molar-refractivity contribution in [2.45, 2.75) is 27.7 Å². The minimum Gasteiger partial charge on any atom is -0.372 e. The standard InChI is InChI=1S/C21H25ClN6/c1-5-28(6-2)17-9-10-18(15(4)11-17)24-20-13-23-27-21(26-20)25-19-12-16(22)8-7-14(19)3/h7-13H,5-6H2,1-4H3,(H2,24,25,26,27). The van der Waals surface area contributed by atoms with Gasteiger partial charge in [0.05, 0.1) is 6.20 Å². The predicted molar refractivity (Wildman–Crippen MR) is 117 cm³/mol. The van der Waals surface area contributed by atoms with Gasteiger partial charge in [-0.25, -0.2) is 0 Å². The van der Waals surface area contributed by atoms with Gasteiger partial charge in [-0.1, -0.05) is 17.7 Å². The Hall–Kier alpha value is -2.86. The van der Waals surface area contributed by atoms with Gasteiger partial charge in [0.2, 0.25) is 5.95 Å². The number of nitrogens with one attached hydrogen (secondary N) is 2. The van der Waals surface area contributed by atoms with Crippen LogP contribution in [0.3, 0.4) is 0 Å². The normalized spacial score (nSPS) is 10.6. The molecule has 0 saturated heterocycles. The fraction of sp³-hybridized carbons (Fsp3) is 0.286. The van der Waals surface area contributed by atoms with Gasteiger partial charge >= 0.3 is 0 Å². The summed E-state index contributed by atoms with van der Waals surface area (Å²) in [6.07, 6.45) is 1.60. The minimum atomic E-state index is 0.410. The second-order valence-corrected chi connectivity index (χ2v) is 6.98. The van der Waals surface area contributed by atoms with Gasteiger partial charge in [-0.15, -0.1) is 5.10 Å². The Kier molecular flexibility index (Phi) is 6.31. The molecule has 0 unspecified atom stereocenters. The fourth-order valence-corrected chi connectivity index (χ4v) is 3.15. The van der Waals surface area contributed by atoms with E-state index in [2.05, 4.69) is 69.7 Å². The van der Waals surface area contributed by atoms with Gasteiger partial charge in [0.25, 0.3) is 0 Å². The first-order valence-corrected chi connectivity index (χ1v) is 9.73. The summed E-state index contributed by atoms with van der Waals surface area (Å²) in [5.41, 5.74) is 5.25. The maximum absolute atomic E-state index is 6.08. The first kappa shape index (κ1) is 19.9. The van der Waals surface area contributed by atoms with Crippen molar-refractivity contribution >= 4 is 40.4 Å². The lowest BCUT2D eigenvalue weighted by atomic mass is 10.1. The van der Waals surface area contributed by atoms with E-state index in [0.29, 0.717) is 16.8 Å². The van der Waals surface area contributed by atoms with Crippen LogP contribution in [0.25, 0.3) is 0 Å². The van der Waals surface area contributed by atoms with E-state index in [1.165, 1.54) is 5.69 Å². The van der Waals surface area contributed by atoms with Crippen LogP contribution in [-0.2, 0) is 0 Å². The summed E-state index contributed by atoms with van der Waals surface area (Å²) in [5.74, 6) is 1.03. The molecule has 0 radical (unpaired) electrons. The number of halogens is 1. The maximum Gasteiger partial charge on any atom is 0.249 e. The van der Waals surface area contributed by atoms with E-state index in [-0.39, 0.29) is 0 Å². The Labute approximate surface area is 171 Å². The quantitative estimate of drug-likeness (QED) is 0.551. The molecule has 146 valence electrons. The van der Waals surface area contributed by atoms with Crippen molar-refractivity contribution in [3.63, 3.8) is 0 Å². The largest absolute Gasteiger partial charge is 0.372 e. The molecule has 0 spiro atoms. The van der Waals surface area contributed by atoms with E-state index < -0.39 is 0 Å². The van der Waals surface area contributed by atoms with Crippen LogP contribution in [0, 0.1) is 13.8 Å². The van der Waals surface area contributed by atoms with E-state index in [9.17, 15) is 0 Å². The third kappa shape index (κ3) is 4.70. The SMILES string of the molecule is CCN(CC)c1ccc(Nc2cnnc(Nc3cc(Cl)ccc3C)n2)c(C)c1. The van der Waals surface area contributed by atoms with Crippen LogP contribution in [0.15, 0.2) is 42.6 Å². The first-order chi connectivity index (χ1) is 13.5. The van der Waals surface area contributed by atoms with E-state index in [1.54, 1.807) is 6.20 Å². The third-order valence-electron chi connectivity index (χ3n) is 4.61. The number of nitrogens with zero attached hydrogens (tertiary/aromatic N) is 4. The second kappa shape index (κ2) is 8.89. The Bertz CT molecular complexity index is 955. The van der Waals surface area contributed by atoms with Crippen molar-refractivity contribution in [3.8, 4) is 0 Å². The van der Waals surface area contributed by atoms with Gasteiger partial charge in [0, 0.05) is 35.2 Å². The van der Waals surface area contributed by atoms with Crippen molar-refractivity contribution in [2.24, 2.45) is 0 Å². The summed E-state index contributed by atoms with van der Waals surface area (Å²) in [6.45, 7) is 10.4. The van der Waals surface area contributed by atoms with Crippen molar-refractivity contribution in [1.82, 2.24) is 15.2 Å². The summed E-state index contributed by atoms with van der Waals surface area (Å²) in [7, 11) is 0. The number of anilines is 5. The average molecular weight is 397 g/mol. The smallest absolute Gasteiger partial charge is 0.249 e. The summed E-state index contributed by atoms with van der Waals surface area (Å²) in [6, 6.07) is 12.0. The highest BCUT2D eigenvalue weighted by atomic mass is 35.5. The molecule has 0 saturated carbocycles. The molecule has 0 aliphatic carbocycles. The van der Waals surface area contributed by atoms with E-state index in [1.807, 2.05) is 25.1 Å². The molecule has 1 heterocycles. The summed E-state index contributed by atoms with van der Waals surface area (Å²) >= 11 is 6.08. The van der Waals surface area contributed by atoms with Gasteiger partial charge in [-0.3, -0.25) is 0 Å². The molecule has 0 amide bonds. The van der Waals surface area contributed by atoms with Crippen LogP contribution in [0.2, 0.25) is 5.02 Å². The number of aromatic nitrogens is 3. The maximum atomic E-state index is 6.08. The van der Waals surface area contributed by atoms with Crippen molar-refractivity contribution < 1.29 is 0 Å². The second-order valence-electron chi connectivity index (χ2n) is 6.55. The van der Waals surface area contributed by atoms with E-state index >= 15 is 0 Å². The lowest BCUT2D eigenvalue weighted by Crippen LogP contribution is -2.21. The number of hydrogen-bond donors (Lipinski definition) is 2. The summed E-state index contributed by atoms with van der Waals surface area (Å²) < 4.78 is 0. The monoisotopic (exact) mass is 396 g/mol.